The fraction of sp³-hybridized carbons (Fsp3) is 0.846. The molecule has 0 fully saturated rings. The molecule has 84 valence electrons. The molecule has 0 aromatic carbocycles. The van der Waals surface area contributed by atoms with E-state index in [0.29, 0.717) is 6.04 Å². The van der Waals surface area contributed by atoms with Crippen molar-refractivity contribution in [3.8, 4) is 0 Å². The van der Waals surface area contributed by atoms with E-state index < -0.39 is 0 Å². The molecule has 0 N–H and O–H groups in total. The molecule has 0 heterocycles. The molecule has 0 saturated carbocycles. The van der Waals surface area contributed by atoms with Crippen molar-refractivity contribution in [1.82, 2.24) is 4.90 Å². The van der Waals surface area contributed by atoms with E-state index in [1.807, 2.05) is 0 Å². The summed E-state index contributed by atoms with van der Waals surface area (Å²) in [4.78, 5) is 2.38. The van der Waals surface area contributed by atoms with Crippen LogP contribution in [-0.2, 0) is 0 Å². The minimum Gasteiger partial charge on any atom is -0.295 e. The van der Waals surface area contributed by atoms with Crippen LogP contribution in [0.25, 0.3) is 0 Å². The lowest BCUT2D eigenvalue weighted by molar-refractivity contribution is 0.133. The van der Waals surface area contributed by atoms with Gasteiger partial charge < -0.3 is 0 Å². The topological polar surface area (TPSA) is 3.24 Å². The van der Waals surface area contributed by atoms with Crippen molar-refractivity contribution in [2.24, 2.45) is 5.41 Å². The summed E-state index contributed by atoms with van der Waals surface area (Å²) in [6.45, 7) is 19.8. The molecule has 1 heteroatoms. The minimum atomic E-state index is 0.193. The highest BCUT2D eigenvalue weighted by molar-refractivity contribution is 5.13. The summed E-state index contributed by atoms with van der Waals surface area (Å²) < 4.78 is 0. The second-order valence-corrected chi connectivity index (χ2v) is 6.23. The van der Waals surface area contributed by atoms with Gasteiger partial charge >= 0.3 is 0 Å². The van der Waals surface area contributed by atoms with Gasteiger partial charge in [-0.05, 0) is 40.2 Å². The van der Waals surface area contributed by atoms with Crippen molar-refractivity contribution in [3.05, 3.63) is 12.2 Å². The molecule has 0 aliphatic heterocycles. The van der Waals surface area contributed by atoms with Crippen LogP contribution in [-0.4, -0.2) is 23.5 Å². The molecule has 0 aromatic heterocycles. The Balaban J connectivity index is 4.65. The summed E-state index contributed by atoms with van der Waals surface area (Å²) in [5.74, 6) is 0. The van der Waals surface area contributed by atoms with Gasteiger partial charge in [-0.1, -0.05) is 32.9 Å². The summed E-state index contributed by atoms with van der Waals surface area (Å²) in [7, 11) is 2.17. The quantitative estimate of drug-likeness (QED) is 0.610. The maximum absolute atomic E-state index is 4.22. The molecule has 0 spiro atoms. The van der Waals surface area contributed by atoms with Crippen LogP contribution in [0.2, 0.25) is 0 Å². The van der Waals surface area contributed by atoms with E-state index in [2.05, 4.69) is 67.0 Å². The fourth-order valence-corrected chi connectivity index (χ4v) is 1.44. The molecule has 1 nitrogen and oxygen atoms in total. The zero-order valence-electron chi connectivity index (χ0n) is 11.2. The molecule has 0 saturated heterocycles. The highest BCUT2D eigenvalue weighted by Crippen LogP contribution is 2.30. The van der Waals surface area contributed by atoms with E-state index in [4.69, 9.17) is 0 Å². The summed E-state index contributed by atoms with van der Waals surface area (Å²) in [5, 5.41) is 0. The van der Waals surface area contributed by atoms with E-state index in [1.165, 1.54) is 5.57 Å². The van der Waals surface area contributed by atoms with E-state index in [1.54, 1.807) is 0 Å². The first-order valence-corrected chi connectivity index (χ1v) is 5.40. The summed E-state index contributed by atoms with van der Waals surface area (Å²) in [6.07, 6.45) is 0. The van der Waals surface area contributed by atoms with Gasteiger partial charge in [0.25, 0.3) is 0 Å². The molecule has 1 unspecified atom stereocenters. The molecule has 14 heavy (non-hydrogen) atoms. The summed E-state index contributed by atoms with van der Waals surface area (Å²) in [5.41, 5.74) is 1.70. The first kappa shape index (κ1) is 13.7. The number of nitrogens with zero attached hydrogens (tertiary/aromatic N) is 1. The average molecular weight is 197 g/mol. The van der Waals surface area contributed by atoms with Gasteiger partial charge in [-0.15, -0.1) is 0 Å². The Morgan fingerprint density at radius 3 is 1.64 bits per heavy atom. The number of rotatable bonds is 2. The molecule has 0 radical (unpaired) electrons. The maximum Gasteiger partial charge on any atom is 0.0283 e. The van der Waals surface area contributed by atoms with Gasteiger partial charge in [0, 0.05) is 11.6 Å². The molecular weight excluding hydrogens is 170 g/mol. The minimum absolute atomic E-state index is 0.193. The van der Waals surface area contributed by atoms with E-state index in [9.17, 15) is 0 Å². The average Bonchev–Trinajstić information content (AvgIpc) is 1.97. The first-order valence-electron chi connectivity index (χ1n) is 5.40. The van der Waals surface area contributed by atoms with Crippen LogP contribution in [0.5, 0.6) is 0 Å². The largest absolute Gasteiger partial charge is 0.295 e. The van der Waals surface area contributed by atoms with Crippen molar-refractivity contribution in [2.75, 3.05) is 7.05 Å². The molecular formula is C13H27N. The maximum atomic E-state index is 4.22. The Morgan fingerprint density at radius 2 is 1.43 bits per heavy atom. The van der Waals surface area contributed by atoms with Gasteiger partial charge in [0.1, 0.15) is 0 Å². The Morgan fingerprint density at radius 1 is 1.07 bits per heavy atom. The van der Waals surface area contributed by atoms with Crippen molar-refractivity contribution in [1.29, 1.82) is 0 Å². The summed E-state index contributed by atoms with van der Waals surface area (Å²) in [6, 6.07) is 0.426. The van der Waals surface area contributed by atoms with Gasteiger partial charge in [0.2, 0.25) is 0 Å². The van der Waals surface area contributed by atoms with Gasteiger partial charge in [0.15, 0.2) is 0 Å². The lowest BCUT2D eigenvalue weighted by Gasteiger charge is -2.41. The van der Waals surface area contributed by atoms with Crippen LogP contribution in [0.1, 0.15) is 48.5 Å². The Bertz CT molecular complexity index is 202. The molecule has 0 aliphatic carbocycles. The summed E-state index contributed by atoms with van der Waals surface area (Å²) >= 11 is 0. The number of hydrogen-bond donors (Lipinski definition) is 0. The zero-order valence-corrected chi connectivity index (χ0v) is 11.2. The Hall–Kier alpha value is -0.300. The second-order valence-electron chi connectivity index (χ2n) is 6.23. The monoisotopic (exact) mass is 197 g/mol. The van der Waals surface area contributed by atoms with Gasteiger partial charge in [-0.2, -0.15) is 0 Å². The van der Waals surface area contributed by atoms with Crippen LogP contribution < -0.4 is 0 Å². The van der Waals surface area contributed by atoms with E-state index >= 15 is 0 Å². The molecule has 0 amide bonds. The van der Waals surface area contributed by atoms with Crippen LogP contribution in [0.4, 0.5) is 0 Å². The Labute approximate surface area is 90.2 Å². The SMILES string of the molecule is C=C(C(C)N(C)C(C)(C)C)C(C)(C)C. The molecule has 0 rings (SSSR count). The zero-order chi connectivity index (χ0) is 11.7. The van der Waals surface area contributed by atoms with Crippen LogP contribution in [0, 0.1) is 5.41 Å². The Kier molecular flexibility index (Phi) is 3.97. The van der Waals surface area contributed by atoms with Crippen molar-refractivity contribution >= 4 is 0 Å². The van der Waals surface area contributed by atoms with E-state index in [-0.39, 0.29) is 11.0 Å². The van der Waals surface area contributed by atoms with Gasteiger partial charge in [-0.3, -0.25) is 4.90 Å². The highest BCUT2D eigenvalue weighted by Gasteiger charge is 2.28. The first-order chi connectivity index (χ1) is 5.98. The fourth-order valence-electron chi connectivity index (χ4n) is 1.44. The molecule has 0 aromatic rings. The van der Waals surface area contributed by atoms with Crippen LogP contribution in [0.3, 0.4) is 0 Å². The number of hydrogen-bond acceptors (Lipinski definition) is 1. The van der Waals surface area contributed by atoms with Crippen LogP contribution in [0.15, 0.2) is 12.2 Å². The lowest BCUT2D eigenvalue weighted by atomic mass is 9.82. The lowest BCUT2D eigenvalue weighted by Crippen LogP contribution is -2.46. The molecule has 1 atom stereocenters. The highest BCUT2D eigenvalue weighted by atomic mass is 15.2. The number of likely N-dealkylation sites (N-methyl/N-ethyl adjacent to an activating group) is 1. The third-order valence-electron chi connectivity index (χ3n) is 3.11. The van der Waals surface area contributed by atoms with Crippen LogP contribution >= 0.6 is 0 Å². The third kappa shape index (κ3) is 3.45. The molecule has 0 bridgehead atoms. The standard InChI is InChI=1S/C13H27N/c1-10(12(3,4)5)11(2)14(9)13(6,7)8/h11H,1H2,2-9H3. The van der Waals surface area contributed by atoms with Crippen molar-refractivity contribution < 1.29 is 0 Å². The van der Waals surface area contributed by atoms with Gasteiger partial charge in [0.05, 0.1) is 0 Å². The van der Waals surface area contributed by atoms with Crippen molar-refractivity contribution in [2.45, 2.75) is 60.0 Å². The molecule has 0 aliphatic rings. The second kappa shape index (κ2) is 4.06. The van der Waals surface area contributed by atoms with E-state index in [0.717, 1.165) is 0 Å². The van der Waals surface area contributed by atoms with Crippen molar-refractivity contribution in [3.63, 3.8) is 0 Å². The van der Waals surface area contributed by atoms with Gasteiger partial charge in [-0.25, -0.2) is 0 Å². The predicted octanol–water partition coefficient (Wildman–Crippen LogP) is 3.71. The predicted molar refractivity (Wildman–Crippen MR) is 65.6 cm³/mol. The smallest absolute Gasteiger partial charge is 0.0283 e. The normalized spacial score (nSPS) is 15.8. The third-order valence-corrected chi connectivity index (χ3v) is 3.11.